The smallest absolute Gasteiger partial charge is 0.244 e. The van der Waals surface area contributed by atoms with Crippen molar-refractivity contribution >= 4 is 29.1 Å². The second kappa shape index (κ2) is 8.00. The lowest BCUT2D eigenvalue weighted by Crippen LogP contribution is -2.22. The molecule has 1 N–H and O–H groups in total. The highest BCUT2D eigenvalue weighted by Gasteiger charge is 2.37. The highest BCUT2D eigenvalue weighted by Crippen LogP contribution is 2.50. The zero-order valence-corrected chi connectivity index (χ0v) is 15.2. The van der Waals surface area contributed by atoms with E-state index in [2.05, 4.69) is 11.9 Å². The summed E-state index contributed by atoms with van der Waals surface area (Å²) in [5.41, 5.74) is 2.21. The third kappa shape index (κ3) is 5.22. The summed E-state index contributed by atoms with van der Waals surface area (Å²) in [7, 11) is 0. The van der Waals surface area contributed by atoms with E-state index in [1.54, 1.807) is 19.1 Å². The van der Waals surface area contributed by atoms with Gasteiger partial charge >= 0.3 is 0 Å². The first-order chi connectivity index (χ1) is 11.3. The lowest BCUT2D eigenvalue weighted by molar-refractivity contribution is -0.116. The second-order valence-electron chi connectivity index (χ2n) is 6.20. The molecule has 128 valence electrons. The molecule has 2 unspecified atom stereocenters. The fourth-order valence-electron chi connectivity index (χ4n) is 2.40. The SMILES string of the molecule is C=C(C)CNC(=O)/C=C(C)/C(F)=C/C1CC1c1ccc(Cl)c(Cl)c1. The number of carbonyl (C=O) groups excluding carboxylic acids is 1. The minimum absolute atomic E-state index is 0.115. The molecular formula is C19H20Cl2FNO. The molecule has 1 aromatic rings. The van der Waals surface area contributed by atoms with E-state index in [4.69, 9.17) is 23.2 Å². The molecule has 0 saturated heterocycles. The molecule has 0 radical (unpaired) electrons. The van der Waals surface area contributed by atoms with Crippen LogP contribution in [0.3, 0.4) is 0 Å². The van der Waals surface area contributed by atoms with Crippen molar-refractivity contribution in [3.63, 3.8) is 0 Å². The molecule has 5 heteroatoms. The van der Waals surface area contributed by atoms with Crippen molar-refractivity contribution in [1.82, 2.24) is 5.32 Å². The number of benzene rings is 1. The van der Waals surface area contributed by atoms with Crippen molar-refractivity contribution in [3.05, 3.63) is 69.5 Å². The molecule has 1 saturated carbocycles. The van der Waals surface area contributed by atoms with Crippen LogP contribution >= 0.6 is 23.2 Å². The molecule has 1 amide bonds. The molecular weight excluding hydrogens is 348 g/mol. The monoisotopic (exact) mass is 367 g/mol. The second-order valence-corrected chi connectivity index (χ2v) is 7.01. The Kier molecular flexibility index (Phi) is 6.25. The zero-order chi connectivity index (χ0) is 17.9. The molecule has 0 bridgehead atoms. The van der Waals surface area contributed by atoms with Gasteiger partial charge in [-0.05, 0) is 61.4 Å². The molecule has 1 aliphatic carbocycles. The zero-order valence-electron chi connectivity index (χ0n) is 13.7. The molecule has 0 aliphatic heterocycles. The van der Waals surface area contributed by atoms with Crippen LogP contribution < -0.4 is 5.32 Å². The fraction of sp³-hybridized carbons (Fsp3) is 0.316. The molecule has 1 fully saturated rings. The first kappa shape index (κ1) is 18.8. The van der Waals surface area contributed by atoms with E-state index in [1.807, 2.05) is 19.1 Å². The van der Waals surface area contributed by atoms with Crippen LogP contribution in [0.2, 0.25) is 10.0 Å². The summed E-state index contributed by atoms with van der Waals surface area (Å²) in [5.74, 6) is -0.330. The van der Waals surface area contributed by atoms with Crippen molar-refractivity contribution in [1.29, 1.82) is 0 Å². The van der Waals surface area contributed by atoms with E-state index >= 15 is 0 Å². The highest BCUT2D eigenvalue weighted by atomic mass is 35.5. The van der Waals surface area contributed by atoms with Gasteiger partial charge in [-0.1, -0.05) is 41.4 Å². The normalized spacial score (nSPS) is 20.7. The number of allylic oxidation sites excluding steroid dienone is 3. The lowest BCUT2D eigenvalue weighted by atomic mass is 10.1. The maximum atomic E-state index is 14.2. The van der Waals surface area contributed by atoms with Crippen LogP contribution in [0.1, 0.15) is 31.7 Å². The van der Waals surface area contributed by atoms with Crippen LogP contribution in [0.4, 0.5) is 4.39 Å². The Labute approximate surface area is 152 Å². The van der Waals surface area contributed by atoms with Gasteiger partial charge in [0.25, 0.3) is 0 Å². The van der Waals surface area contributed by atoms with Crippen molar-refractivity contribution < 1.29 is 9.18 Å². The summed E-state index contributed by atoms with van der Waals surface area (Å²) >= 11 is 11.9. The van der Waals surface area contributed by atoms with Crippen LogP contribution in [0, 0.1) is 5.92 Å². The number of carbonyl (C=O) groups is 1. The Bertz CT molecular complexity index is 724. The van der Waals surface area contributed by atoms with Crippen molar-refractivity contribution in [2.24, 2.45) is 5.92 Å². The van der Waals surface area contributed by atoms with Gasteiger partial charge < -0.3 is 5.32 Å². The molecule has 1 aliphatic rings. The Morgan fingerprint density at radius 3 is 2.71 bits per heavy atom. The van der Waals surface area contributed by atoms with Gasteiger partial charge in [0.2, 0.25) is 5.91 Å². The minimum atomic E-state index is -0.368. The fourth-order valence-corrected chi connectivity index (χ4v) is 2.71. The number of halogens is 3. The molecule has 24 heavy (non-hydrogen) atoms. The molecule has 2 nitrogen and oxygen atoms in total. The Morgan fingerprint density at radius 2 is 2.08 bits per heavy atom. The van der Waals surface area contributed by atoms with Gasteiger partial charge in [0.05, 0.1) is 10.0 Å². The number of rotatable bonds is 6. The summed E-state index contributed by atoms with van der Waals surface area (Å²) < 4.78 is 14.2. The van der Waals surface area contributed by atoms with E-state index < -0.39 is 0 Å². The Balaban J connectivity index is 1.97. The minimum Gasteiger partial charge on any atom is -0.349 e. The van der Waals surface area contributed by atoms with Crippen molar-refractivity contribution in [2.75, 3.05) is 6.54 Å². The lowest BCUT2D eigenvalue weighted by Gasteiger charge is -2.03. The Morgan fingerprint density at radius 1 is 1.38 bits per heavy atom. The van der Waals surface area contributed by atoms with Gasteiger partial charge in [-0.3, -0.25) is 4.79 Å². The predicted octanol–water partition coefficient (Wildman–Crippen LogP) is 5.59. The number of hydrogen-bond donors (Lipinski definition) is 1. The number of hydrogen-bond acceptors (Lipinski definition) is 1. The van der Waals surface area contributed by atoms with E-state index in [1.165, 1.54) is 6.08 Å². The van der Waals surface area contributed by atoms with Gasteiger partial charge in [0.1, 0.15) is 5.83 Å². The molecule has 1 aromatic carbocycles. The standard InChI is InChI=1S/C19H20Cl2FNO/c1-11(2)10-23-19(24)6-12(3)18(22)9-14-7-15(14)13-4-5-16(20)17(21)8-13/h4-6,8-9,14-15H,1,7,10H2,2-3H3,(H,23,24)/b12-6+,18-9-. The van der Waals surface area contributed by atoms with Gasteiger partial charge in [-0.25, -0.2) is 4.39 Å². The third-order valence-corrected chi connectivity index (χ3v) is 4.60. The summed E-state index contributed by atoms with van der Waals surface area (Å²) in [6.45, 7) is 7.48. The summed E-state index contributed by atoms with van der Waals surface area (Å²) in [5, 5.41) is 3.67. The summed E-state index contributed by atoms with van der Waals surface area (Å²) in [6.07, 6.45) is 3.71. The first-order valence-electron chi connectivity index (χ1n) is 7.71. The topological polar surface area (TPSA) is 29.1 Å². The summed E-state index contributed by atoms with van der Waals surface area (Å²) in [6, 6.07) is 5.50. The van der Waals surface area contributed by atoms with Crippen LogP contribution in [0.15, 0.2) is 53.9 Å². The van der Waals surface area contributed by atoms with Crippen LogP contribution in [0.25, 0.3) is 0 Å². The maximum Gasteiger partial charge on any atom is 0.244 e. The van der Waals surface area contributed by atoms with Crippen molar-refractivity contribution in [3.8, 4) is 0 Å². The average Bonchev–Trinajstić information content (AvgIpc) is 3.27. The van der Waals surface area contributed by atoms with Crippen LogP contribution in [-0.4, -0.2) is 12.5 Å². The van der Waals surface area contributed by atoms with Crippen LogP contribution in [0.5, 0.6) is 0 Å². The number of amides is 1. The van der Waals surface area contributed by atoms with E-state index in [-0.39, 0.29) is 23.6 Å². The molecule has 0 aromatic heterocycles. The van der Waals surface area contributed by atoms with E-state index in [9.17, 15) is 9.18 Å². The third-order valence-electron chi connectivity index (χ3n) is 3.86. The molecule has 0 heterocycles. The average molecular weight is 368 g/mol. The van der Waals surface area contributed by atoms with E-state index in [0.717, 1.165) is 17.6 Å². The molecule has 0 spiro atoms. The van der Waals surface area contributed by atoms with Crippen molar-refractivity contribution in [2.45, 2.75) is 26.2 Å². The van der Waals surface area contributed by atoms with Crippen LogP contribution in [-0.2, 0) is 4.79 Å². The predicted molar refractivity (Wildman–Crippen MR) is 98.1 cm³/mol. The highest BCUT2D eigenvalue weighted by molar-refractivity contribution is 6.42. The van der Waals surface area contributed by atoms with Gasteiger partial charge in [-0.2, -0.15) is 0 Å². The quantitative estimate of drug-likeness (QED) is 0.396. The van der Waals surface area contributed by atoms with E-state index in [0.29, 0.717) is 22.2 Å². The number of nitrogens with one attached hydrogen (secondary N) is 1. The molecule has 2 rings (SSSR count). The maximum absolute atomic E-state index is 14.2. The Hall–Kier alpha value is -1.58. The van der Waals surface area contributed by atoms with Gasteiger partial charge in [0.15, 0.2) is 0 Å². The largest absolute Gasteiger partial charge is 0.349 e. The summed E-state index contributed by atoms with van der Waals surface area (Å²) in [4.78, 5) is 11.7. The van der Waals surface area contributed by atoms with Gasteiger partial charge in [-0.15, -0.1) is 0 Å². The van der Waals surface area contributed by atoms with Gasteiger partial charge in [0, 0.05) is 12.6 Å². The molecule has 2 atom stereocenters. The first-order valence-corrected chi connectivity index (χ1v) is 8.46.